The lowest BCUT2D eigenvalue weighted by atomic mass is 10.1. The SMILES string of the molecule is COC(=O)CC1CN(Cc2cc(F)cc(C#N)c2)CCO1. The number of ether oxygens (including phenoxy) is 2. The topological polar surface area (TPSA) is 62.6 Å². The molecule has 1 aliphatic heterocycles. The quantitative estimate of drug-likeness (QED) is 0.786. The highest BCUT2D eigenvalue weighted by molar-refractivity contribution is 5.69. The number of halogens is 1. The van der Waals surface area contributed by atoms with Gasteiger partial charge in [0.2, 0.25) is 0 Å². The monoisotopic (exact) mass is 292 g/mol. The molecular formula is C15H17FN2O3. The molecule has 6 heteroatoms. The molecule has 1 aliphatic rings. The van der Waals surface area contributed by atoms with Crippen LogP contribution in [0.5, 0.6) is 0 Å². The summed E-state index contributed by atoms with van der Waals surface area (Å²) in [4.78, 5) is 13.3. The Morgan fingerprint density at radius 1 is 1.57 bits per heavy atom. The van der Waals surface area contributed by atoms with Gasteiger partial charge in [-0.1, -0.05) is 0 Å². The molecule has 0 amide bonds. The maximum absolute atomic E-state index is 13.4. The minimum absolute atomic E-state index is 0.208. The molecule has 1 fully saturated rings. The molecule has 1 atom stereocenters. The van der Waals surface area contributed by atoms with Crippen LogP contribution in [0.25, 0.3) is 0 Å². The van der Waals surface area contributed by atoms with Crippen LogP contribution in [0.15, 0.2) is 18.2 Å². The van der Waals surface area contributed by atoms with E-state index in [4.69, 9.17) is 10.00 Å². The third-order valence-corrected chi connectivity index (χ3v) is 3.34. The Morgan fingerprint density at radius 2 is 2.38 bits per heavy atom. The van der Waals surface area contributed by atoms with Gasteiger partial charge in [0, 0.05) is 19.6 Å². The van der Waals surface area contributed by atoms with Gasteiger partial charge in [-0.3, -0.25) is 9.69 Å². The first kappa shape index (κ1) is 15.4. The second-order valence-corrected chi connectivity index (χ2v) is 4.97. The fourth-order valence-electron chi connectivity index (χ4n) is 2.38. The molecule has 0 saturated carbocycles. The van der Waals surface area contributed by atoms with Gasteiger partial charge in [-0.15, -0.1) is 0 Å². The number of nitriles is 1. The standard InChI is InChI=1S/C15H17FN2O3/c1-20-15(19)7-14-10-18(2-3-21-14)9-12-4-11(8-17)5-13(16)6-12/h4-6,14H,2-3,7,9-10H2,1H3. The molecule has 1 aromatic carbocycles. The lowest BCUT2D eigenvalue weighted by molar-refractivity contribution is -0.145. The fourth-order valence-corrected chi connectivity index (χ4v) is 2.38. The van der Waals surface area contributed by atoms with E-state index in [0.29, 0.717) is 31.8 Å². The summed E-state index contributed by atoms with van der Waals surface area (Å²) in [7, 11) is 1.35. The molecule has 0 bridgehead atoms. The Labute approximate surface area is 122 Å². The first-order valence-corrected chi connectivity index (χ1v) is 6.71. The van der Waals surface area contributed by atoms with E-state index in [-0.39, 0.29) is 18.5 Å². The number of hydrogen-bond donors (Lipinski definition) is 0. The van der Waals surface area contributed by atoms with E-state index in [1.54, 1.807) is 6.07 Å². The van der Waals surface area contributed by atoms with Crippen molar-refractivity contribution in [3.63, 3.8) is 0 Å². The molecule has 1 unspecified atom stereocenters. The van der Waals surface area contributed by atoms with Crippen LogP contribution in [0.4, 0.5) is 4.39 Å². The Hall–Kier alpha value is -1.97. The Morgan fingerprint density at radius 3 is 3.10 bits per heavy atom. The van der Waals surface area contributed by atoms with Crippen molar-refractivity contribution in [1.82, 2.24) is 4.90 Å². The molecule has 5 nitrogen and oxygen atoms in total. The van der Waals surface area contributed by atoms with Gasteiger partial charge in [0.1, 0.15) is 5.82 Å². The van der Waals surface area contributed by atoms with Gasteiger partial charge in [0.05, 0.1) is 37.9 Å². The van der Waals surface area contributed by atoms with E-state index in [9.17, 15) is 9.18 Å². The van der Waals surface area contributed by atoms with Crippen molar-refractivity contribution in [2.75, 3.05) is 26.8 Å². The van der Waals surface area contributed by atoms with Crippen molar-refractivity contribution in [3.8, 4) is 6.07 Å². The zero-order valence-corrected chi connectivity index (χ0v) is 11.8. The van der Waals surface area contributed by atoms with Gasteiger partial charge in [0.25, 0.3) is 0 Å². The number of morpholine rings is 1. The van der Waals surface area contributed by atoms with Crippen LogP contribution in [0.1, 0.15) is 17.5 Å². The fraction of sp³-hybridized carbons (Fsp3) is 0.467. The van der Waals surface area contributed by atoms with Crippen molar-refractivity contribution in [1.29, 1.82) is 5.26 Å². The van der Waals surface area contributed by atoms with E-state index in [0.717, 1.165) is 5.56 Å². The van der Waals surface area contributed by atoms with Crippen molar-refractivity contribution >= 4 is 5.97 Å². The van der Waals surface area contributed by atoms with Gasteiger partial charge in [-0.25, -0.2) is 4.39 Å². The first-order chi connectivity index (χ1) is 10.1. The smallest absolute Gasteiger partial charge is 0.308 e. The van der Waals surface area contributed by atoms with Crippen LogP contribution in [0.2, 0.25) is 0 Å². The molecule has 21 heavy (non-hydrogen) atoms. The number of benzene rings is 1. The summed E-state index contributed by atoms with van der Waals surface area (Å²) in [6.07, 6.45) is -0.00485. The Kier molecular flexibility index (Phi) is 5.26. The van der Waals surface area contributed by atoms with E-state index in [1.165, 1.54) is 19.2 Å². The molecule has 1 heterocycles. The molecule has 0 spiro atoms. The van der Waals surface area contributed by atoms with Crippen LogP contribution in [-0.4, -0.2) is 43.8 Å². The molecule has 112 valence electrons. The summed E-state index contributed by atoms with van der Waals surface area (Å²) in [5.74, 6) is -0.720. The zero-order chi connectivity index (χ0) is 15.2. The molecule has 1 aromatic rings. The molecule has 0 N–H and O–H groups in total. The Bertz CT molecular complexity index is 556. The summed E-state index contributed by atoms with van der Waals surface area (Å²) in [6, 6.07) is 6.25. The van der Waals surface area contributed by atoms with E-state index in [2.05, 4.69) is 9.64 Å². The second-order valence-electron chi connectivity index (χ2n) is 4.97. The van der Waals surface area contributed by atoms with Crippen molar-refractivity contribution in [2.24, 2.45) is 0 Å². The highest BCUT2D eigenvalue weighted by Gasteiger charge is 2.23. The maximum atomic E-state index is 13.4. The number of esters is 1. The lowest BCUT2D eigenvalue weighted by Gasteiger charge is -2.32. The number of carbonyl (C=O) groups is 1. The first-order valence-electron chi connectivity index (χ1n) is 6.71. The molecule has 1 saturated heterocycles. The highest BCUT2D eigenvalue weighted by Crippen LogP contribution is 2.15. The van der Waals surface area contributed by atoms with E-state index in [1.807, 2.05) is 6.07 Å². The number of carbonyl (C=O) groups excluding carboxylic acids is 1. The highest BCUT2D eigenvalue weighted by atomic mass is 19.1. The van der Waals surface area contributed by atoms with E-state index < -0.39 is 5.82 Å². The third kappa shape index (κ3) is 4.52. The normalized spacial score (nSPS) is 19.0. The minimum Gasteiger partial charge on any atom is -0.469 e. The summed E-state index contributed by atoms with van der Waals surface area (Å²) in [5.41, 5.74) is 1.05. The van der Waals surface area contributed by atoms with Gasteiger partial charge in [0.15, 0.2) is 0 Å². The predicted molar refractivity (Wildman–Crippen MR) is 72.8 cm³/mol. The van der Waals surface area contributed by atoms with Crippen LogP contribution in [-0.2, 0) is 20.8 Å². The van der Waals surface area contributed by atoms with Crippen LogP contribution in [0, 0.1) is 17.1 Å². The maximum Gasteiger partial charge on any atom is 0.308 e. The summed E-state index contributed by atoms with van der Waals surface area (Å²) >= 11 is 0. The summed E-state index contributed by atoms with van der Waals surface area (Å²) in [5, 5.41) is 8.86. The largest absolute Gasteiger partial charge is 0.469 e. The van der Waals surface area contributed by atoms with Crippen LogP contribution >= 0.6 is 0 Å². The molecule has 2 rings (SSSR count). The van der Waals surface area contributed by atoms with Gasteiger partial charge < -0.3 is 9.47 Å². The van der Waals surface area contributed by atoms with Crippen LogP contribution in [0.3, 0.4) is 0 Å². The molecular weight excluding hydrogens is 275 g/mol. The number of rotatable bonds is 4. The predicted octanol–water partition coefficient (Wildman–Crippen LogP) is 1.46. The van der Waals surface area contributed by atoms with Crippen LogP contribution < -0.4 is 0 Å². The van der Waals surface area contributed by atoms with E-state index >= 15 is 0 Å². The zero-order valence-electron chi connectivity index (χ0n) is 11.8. The number of methoxy groups -OCH3 is 1. The average molecular weight is 292 g/mol. The second kappa shape index (κ2) is 7.16. The average Bonchev–Trinajstić information content (AvgIpc) is 2.46. The summed E-state index contributed by atoms with van der Waals surface area (Å²) in [6.45, 7) is 2.32. The van der Waals surface area contributed by atoms with Gasteiger partial charge in [-0.05, 0) is 23.8 Å². The molecule has 0 aliphatic carbocycles. The Balaban J connectivity index is 1.98. The van der Waals surface area contributed by atoms with Gasteiger partial charge in [-0.2, -0.15) is 5.26 Å². The van der Waals surface area contributed by atoms with Crippen molar-refractivity contribution in [3.05, 3.63) is 35.1 Å². The van der Waals surface area contributed by atoms with Gasteiger partial charge >= 0.3 is 5.97 Å². The number of nitrogens with zero attached hydrogens (tertiary/aromatic N) is 2. The third-order valence-electron chi connectivity index (χ3n) is 3.34. The minimum atomic E-state index is -0.413. The molecule has 0 radical (unpaired) electrons. The van der Waals surface area contributed by atoms with Crippen molar-refractivity contribution in [2.45, 2.75) is 19.1 Å². The lowest BCUT2D eigenvalue weighted by Crippen LogP contribution is -2.42. The summed E-state index contributed by atoms with van der Waals surface area (Å²) < 4.78 is 23.6. The van der Waals surface area contributed by atoms with Crippen molar-refractivity contribution < 1.29 is 18.7 Å². The molecule has 0 aromatic heterocycles. The number of hydrogen-bond acceptors (Lipinski definition) is 5.